The lowest BCUT2D eigenvalue weighted by molar-refractivity contribution is 1.13. The van der Waals surface area contributed by atoms with Crippen LogP contribution in [-0.4, -0.2) is 14.1 Å². The van der Waals surface area contributed by atoms with Gasteiger partial charge in [-0.25, -0.2) is 4.98 Å². The topological polar surface area (TPSA) is 22.8 Å². The van der Waals surface area contributed by atoms with Gasteiger partial charge in [-0.2, -0.15) is 0 Å². The zero-order valence-electron chi connectivity index (χ0n) is 21.8. The Morgan fingerprint density at radius 3 is 1.75 bits per heavy atom. The van der Waals surface area contributed by atoms with Gasteiger partial charge in [-0.05, 0) is 42.5 Å². The molecule has 0 saturated heterocycles. The third-order valence-electron chi connectivity index (χ3n) is 7.73. The van der Waals surface area contributed by atoms with Gasteiger partial charge in [-0.3, -0.25) is 0 Å². The number of hydrogen-bond donors (Lipinski definition) is 0. The Kier molecular flexibility index (Phi) is 5.14. The Morgan fingerprint density at radius 2 is 1.07 bits per heavy atom. The zero-order chi connectivity index (χ0) is 26.5. The highest BCUT2D eigenvalue weighted by molar-refractivity contribution is 6.20. The van der Waals surface area contributed by atoms with Crippen LogP contribution in [0.15, 0.2) is 152 Å². The van der Waals surface area contributed by atoms with Gasteiger partial charge < -0.3 is 9.13 Å². The molecule has 0 fully saturated rings. The molecular formula is C37H25N3. The molecule has 5 aromatic carbocycles. The summed E-state index contributed by atoms with van der Waals surface area (Å²) in [6.45, 7) is 0. The Bertz CT molecular complexity index is 2080. The fraction of sp³-hybridized carbons (Fsp3) is 0. The highest BCUT2D eigenvalue weighted by atomic mass is 15.0. The van der Waals surface area contributed by atoms with Crippen molar-refractivity contribution < 1.29 is 0 Å². The normalized spacial score (nSPS) is 11.5. The highest BCUT2D eigenvalue weighted by Crippen LogP contribution is 2.39. The van der Waals surface area contributed by atoms with E-state index in [0.717, 1.165) is 33.9 Å². The maximum atomic E-state index is 5.12. The van der Waals surface area contributed by atoms with Crippen molar-refractivity contribution in [3.63, 3.8) is 0 Å². The van der Waals surface area contributed by atoms with E-state index in [0.29, 0.717) is 0 Å². The van der Waals surface area contributed by atoms with Gasteiger partial charge in [0.2, 0.25) is 0 Å². The van der Waals surface area contributed by atoms with Gasteiger partial charge in [-0.15, -0.1) is 0 Å². The zero-order valence-corrected chi connectivity index (χ0v) is 21.8. The lowest BCUT2D eigenvalue weighted by Gasteiger charge is -2.13. The van der Waals surface area contributed by atoms with Crippen LogP contribution in [-0.2, 0) is 0 Å². The second-order valence-electron chi connectivity index (χ2n) is 10.1. The molecule has 0 amide bonds. The number of aromatic nitrogens is 3. The number of pyridine rings is 1. The maximum Gasteiger partial charge on any atom is 0.0730 e. The molecule has 0 atom stereocenters. The molecule has 3 nitrogen and oxygen atoms in total. The SMILES string of the molecule is c1ccc(-c2cc(-n3c4ccccc4c4c5c(ccc43)ccn5-c3ccccc3)cc(-c3ccccc3)n2)cc1. The van der Waals surface area contributed by atoms with Crippen molar-refractivity contribution >= 4 is 32.7 Å². The summed E-state index contributed by atoms with van der Waals surface area (Å²) in [5.41, 5.74) is 9.93. The molecule has 0 N–H and O–H groups in total. The van der Waals surface area contributed by atoms with Crippen molar-refractivity contribution in [1.82, 2.24) is 14.1 Å². The van der Waals surface area contributed by atoms with E-state index in [2.05, 4.69) is 149 Å². The highest BCUT2D eigenvalue weighted by Gasteiger charge is 2.18. The fourth-order valence-corrected chi connectivity index (χ4v) is 5.92. The second kappa shape index (κ2) is 9.11. The molecule has 0 radical (unpaired) electrons. The summed E-state index contributed by atoms with van der Waals surface area (Å²) in [5.74, 6) is 0. The number of rotatable bonds is 4. The van der Waals surface area contributed by atoms with Gasteiger partial charge in [0.25, 0.3) is 0 Å². The predicted molar refractivity (Wildman–Crippen MR) is 166 cm³/mol. The number of nitrogens with zero attached hydrogens (tertiary/aromatic N) is 3. The quantitative estimate of drug-likeness (QED) is 0.231. The summed E-state index contributed by atoms with van der Waals surface area (Å²) in [5, 5.41) is 3.71. The minimum atomic E-state index is 0.955. The lowest BCUT2D eigenvalue weighted by Crippen LogP contribution is -1.98. The summed E-state index contributed by atoms with van der Waals surface area (Å²) in [6.07, 6.45) is 2.18. The molecule has 0 aliphatic carbocycles. The third kappa shape index (κ3) is 3.56. The summed E-state index contributed by atoms with van der Waals surface area (Å²) in [7, 11) is 0. The standard InChI is InChI=1S/C37H25N3/c1-4-12-26(13-5-1)32-24-30(25-33(38-32)27-14-6-2-7-15-27)40-34-19-11-10-18-31(34)36-35(40)21-20-28-22-23-39(37(28)36)29-16-8-3-9-17-29/h1-25H. The number of fused-ring (bicyclic) bond motifs is 5. The smallest absolute Gasteiger partial charge is 0.0730 e. The van der Waals surface area contributed by atoms with E-state index in [4.69, 9.17) is 4.98 Å². The van der Waals surface area contributed by atoms with E-state index in [9.17, 15) is 0 Å². The summed E-state index contributed by atoms with van der Waals surface area (Å²) >= 11 is 0. The van der Waals surface area contributed by atoms with Crippen LogP contribution in [0.1, 0.15) is 0 Å². The lowest BCUT2D eigenvalue weighted by atomic mass is 10.1. The van der Waals surface area contributed by atoms with Crippen molar-refractivity contribution in [2.45, 2.75) is 0 Å². The van der Waals surface area contributed by atoms with Gasteiger partial charge in [0.05, 0.1) is 33.6 Å². The molecule has 0 spiro atoms. The van der Waals surface area contributed by atoms with Crippen molar-refractivity contribution in [3.8, 4) is 33.9 Å². The van der Waals surface area contributed by atoms with Crippen molar-refractivity contribution in [3.05, 3.63) is 152 Å². The Hall–Kier alpha value is -5.41. The van der Waals surface area contributed by atoms with E-state index in [-0.39, 0.29) is 0 Å². The van der Waals surface area contributed by atoms with Gasteiger partial charge in [-0.1, -0.05) is 103 Å². The largest absolute Gasteiger partial charge is 0.316 e. The van der Waals surface area contributed by atoms with Crippen LogP contribution in [0, 0.1) is 0 Å². The second-order valence-corrected chi connectivity index (χ2v) is 10.1. The first kappa shape index (κ1) is 22.6. The first-order valence-electron chi connectivity index (χ1n) is 13.6. The van der Waals surface area contributed by atoms with E-state index in [1.165, 1.54) is 32.7 Å². The molecular weight excluding hydrogens is 486 g/mol. The van der Waals surface area contributed by atoms with Crippen LogP contribution in [0.2, 0.25) is 0 Å². The van der Waals surface area contributed by atoms with Crippen molar-refractivity contribution in [2.75, 3.05) is 0 Å². The number of benzene rings is 5. The van der Waals surface area contributed by atoms with Crippen LogP contribution >= 0.6 is 0 Å². The average Bonchev–Trinajstić information content (AvgIpc) is 3.61. The molecule has 0 unspecified atom stereocenters. The van der Waals surface area contributed by atoms with Crippen LogP contribution < -0.4 is 0 Å². The molecule has 3 aromatic heterocycles. The fourth-order valence-electron chi connectivity index (χ4n) is 5.92. The van der Waals surface area contributed by atoms with Crippen LogP contribution in [0.25, 0.3) is 66.6 Å². The van der Waals surface area contributed by atoms with Crippen LogP contribution in [0.3, 0.4) is 0 Å². The first-order valence-corrected chi connectivity index (χ1v) is 13.6. The van der Waals surface area contributed by atoms with E-state index in [1.807, 2.05) is 12.1 Å². The van der Waals surface area contributed by atoms with Gasteiger partial charge in [0.15, 0.2) is 0 Å². The van der Waals surface area contributed by atoms with Crippen molar-refractivity contribution in [2.24, 2.45) is 0 Å². The number of hydrogen-bond acceptors (Lipinski definition) is 1. The molecule has 0 aliphatic rings. The predicted octanol–water partition coefficient (Wildman–Crippen LogP) is 9.46. The average molecular weight is 512 g/mol. The molecule has 188 valence electrons. The molecule has 40 heavy (non-hydrogen) atoms. The summed E-state index contributed by atoms with van der Waals surface area (Å²) in [6, 6.07) is 51.3. The minimum Gasteiger partial charge on any atom is -0.316 e. The van der Waals surface area contributed by atoms with Gasteiger partial charge in [0, 0.05) is 39.2 Å². The van der Waals surface area contributed by atoms with Crippen LogP contribution in [0.4, 0.5) is 0 Å². The molecule has 8 rings (SSSR count). The Labute approximate surface area is 232 Å². The molecule has 3 heteroatoms. The monoisotopic (exact) mass is 511 g/mol. The third-order valence-corrected chi connectivity index (χ3v) is 7.73. The molecule has 0 aliphatic heterocycles. The first-order chi connectivity index (χ1) is 19.8. The van der Waals surface area contributed by atoms with Gasteiger partial charge >= 0.3 is 0 Å². The maximum absolute atomic E-state index is 5.12. The molecule has 3 heterocycles. The molecule has 8 aromatic rings. The van der Waals surface area contributed by atoms with E-state index in [1.54, 1.807) is 0 Å². The molecule has 0 bridgehead atoms. The molecule has 0 saturated carbocycles. The minimum absolute atomic E-state index is 0.955. The summed E-state index contributed by atoms with van der Waals surface area (Å²) < 4.78 is 4.71. The van der Waals surface area contributed by atoms with Crippen LogP contribution in [0.5, 0.6) is 0 Å². The van der Waals surface area contributed by atoms with E-state index >= 15 is 0 Å². The summed E-state index contributed by atoms with van der Waals surface area (Å²) in [4.78, 5) is 5.12. The number of para-hydroxylation sites is 2. The van der Waals surface area contributed by atoms with Gasteiger partial charge in [0.1, 0.15) is 0 Å². The Balaban J connectivity index is 1.48. The Morgan fingerprint density at radius 1 is 0.475 bits per heavy atom. The van der Waals surface area contributed by atoms with E-state index < -0.39 is 0 Å². The van der Waals surface area contributed by atoms with Crippen molar-refractivity contribution in [1.29, 1.82) is 0 Å².